The van der Waals surface area contributed by atoms with Crippen LogP contribution in [0, 0.1) is 0 Å². The third-order valence-electron chi connectivity index (χ3n) is 5.98. The van der Waals surface area contributed by atoms with Crippen molar-refractivity contribution in [3.8, 4) is 16.5 Å². The number of carbonyl (C=O) groups is 1. The summed E-state index contributed by atoms with van der Waals surface area (Å²) < 4.78 is 51.4. The molecular formula is C24H22ClF3N4O3S. The normalized spacial score (nSPS) is 15.4. The highest BCUT2D eigenvalue weighted by molar-refractivity contribution is 7.19. The van der Waals surface area contributed by atoms with Gasteiger partial charge in [-0.15, -0.1) is 11.3 Å². The van der Waals surface area contributed by atoms with Crippen LogP contribution in [-0.4, -0.2) is 52.6 Å². The van der Waals surface area contributed by atoms with E-state index in [0.29, 0.717) is 41.1 Å². The van der Waals surface area contributed by atoms with Gasteiger partial charge in [0, 0.05) is 36.7 Å². The lowest BCUT2D eigenvalue weighted by atomic mass is 10.1. The number of piperidine rings is 1. The molecule has 5 rings (SSSR count). The predicted molar refractivity (Wildman–Crippen MR) is 131 cm³/mol. The highest BCUT2D eigenvalue weighted by atomic mass is 35.5. The quantitative estimate of drug-likeness (QED) is 0.318. The van der Waals surface area contributed by atoms with Crippen molar-refractivity contribution in [3.63, 3.8) is 0 Å². The van der Waals surface area contributed by atoms with E-state index in [2.05, 4.69) is 10.5 Å². The first-order valence-electron chi connectivity index (χ1n) is 11.3. The van der Waals surface area contributed by atoms with Gasteiger partial charge in [-0.1, -0.05) is 35.0 Å². The van der Waals surface area contributed by atoms with Gasteiger partial charge in [-0.3, -0.25) is 4.90 Å². The van der Waals surface area contributed by atoms with Crippen LogP contribution in [0.1, 0.15) is 18.5 Å². The summed E-state index contributed by atoms with van der Waals surface area (Å²) in [5, 5.41) is 7.83. The lowest BCUT2D eigenvalue weighted by Gasteiger charge is -2.32. The SMILES string of the molecule is O=C(NC1CCN(CC(F)(F)F)CC1)Oc1cc2ccccc2n1Cc1cc(-c2ccc(Cl)s2)on1. The highest BCUT2D eigenvalue weighted by Gasteiger charge is 2.33. The van der Waals surface area contributed by atoms with Gasteiger partial charge in [0.15, 0.2) is 5.76 Å². The molecular weight excluding hydrogens is 517 g/mol. The number of carbonyl (C=O) groups excluding carboxylic acids is 1. The first-order valence-corrected chi connectivity index (χ1v) is 12.5. The predicted octanol–water partition coefficient (Wildman–Crippen LogP) is 6.17. The molecule has 190 valence electrons. The molecule has 4 heterocycles. The van der Waals surface area contributed by atoms with E-state index in [4.69, 9.17) is 20.9 Å². The number of aromatic nitrogens is 2. The van der Waals surface area contributed by atoms with Gasteiger partial charge in [0.25, 0.3) is 0 Å². The molecule has 0 spiro atoms. The zero-order valence-electron chi connectivity index (χ0n) is 18.9. The minimum Gasteiger partial charge on any atom is -0.393 e. The Morgan fingerprint density at radius 3 is 2.69 bits per heavy atom. The summed E-state index contributed by atoms with van der Waals surface area (Å²) in [5.41, 5.74) is 1.49. The van der Waals surface area contributed by atoms with E-state index in [0.717, 1.165) is 15.8 Å². The zero-order chi connectivity index (χ0) is 25.3. The monoisotopic (exact) mass is 538 g/mol. The smallest absolute Gasteiger partial charge is 0.393 e. The van der Waals surface area contributed by atoms with Gasteiger partial charge in [0.1, 0.15) is 5.69 Å². The molecule has 1 fully saturated rings. The van der Waals surface area contributed by atoms with Crippen LogP contribution in [0.15, 0.2) is 53.1 Å². The van der Waals surface area contributed by atoms with Crippen LogP contribution in [0.4, 0.5) is 18.0 Å². The number of para-hydroxylation sites is 1. The van der Waals surface area contributed by atoms with Crippen LogP contribution in [0.3, 0.4) is 0 Å². The minimum absolute atomic E-state index is 0.254. The third kappa shape index (κ3) is 5.85. The Morgan fingerprint density at radius 1 is 1.19 bits per heavy atom. The van der Waals surface area contributed by atoms with E-state index in [-0.39, 0.29) is 19.1 Å². The second kappa shape index (κ2) is 10.2. The first-order chi connectivity index (χ1) is 17.2. The molecule has 0 radical (unpaired) electrons. The molecule has 0 saturated carbocycles. The average Bonchev–Trinajstić information content (AvgIpc) is 3.54. The Morgan fingerprint density at radius 2 is 1.97 bits per heavy atom. The van der Waals surface area contributed by atoms with Crippen molar-refractivity contribution in [3.05, 3.63) is 58.6 Å². The molecule has 0 aliphatic carbocycles. The fraction of sp³-hybridized carbons (Fsp3) is 0.333. The van der Waals surface area contributed by atoms with E-state index >= 15 is 0 Å². The molecule has 1 aliphatic heterocycles. The number of halogens is 4. The summed E-state index contributed by atoms with van der Waals surface area (Å²) >= 11 is 7.40. The topological polar surface area (TPSA) is 72.5 Å². The fourth-order valence-electron chi connectivity index (χ4n) is 4.32. The van der Waals surface area contributed by atoms with Gasteiger partial charge >= 0.3 is 12.3 Å². The Kier molecular flexibility index (Phi) is 6.96. The number of fused-ring (bicyclic) bond motifs is 1. The second-order valence-electron chi connectivity index (χ2n) is 8.61. The molecule has 1 saturated heterocycles. The fourth-order valence-corrected chi connectivity index (χ4v) is 5.32. The van der Waals surface area contributed by atoms with Gasteiger partial charge in [-0.05, 0) is 31.0 Å². The van der Waals surface area contributed by atoms with Crippen LogP contribution in [0.2, 0.25) is 4.34 Å². The van der Waals surface area contributed by atoms with Crippen molar-refractivity contribution in [2.24, 2.45) is 0 Å². The molecule has 4 aromatic rings. The minimum atomic E-state index is -4.23. The van der Waals surface area contributed by atoms with Crippen molar-refractivity contribution < 1.29 is 27.2 Å². The average molecular weight is 539 g/mol. The lowest BCUT2D eigenvalue weighted by Crippen LogP contribution is -2.47. The molecule has 1 N–H and O–H groups in total. The van der Waals surface area contributed by atoms with Crippen molar-refractivity contribution in [2.75, 3.05) is 19.6 Å². The maximum Gasteiger partial charge on any atom is 0.414 e. The number of benzene rings is 1. The number of hydrogen-bond acceptors (Lipinski definition) is 6. The largest absolute Gasteiger partial charge is 0.414 e. The van der Waals surface area contributed by atoms with Crippen molar-refractivity contribution in [1.82, 2.24) is 19.9 Å². The summed E-state index contributed by atoms with van der Waals surface area (Å²) in [6.45, 7) is -0.120. The first kappa shape index (κ1) is 24.7. The van der Waals surface area contributed by atoms with E-state index in [1.165, 1.54) is 16.2 Å². The van der Waals surface area contributed by atoms with E-state index < -0.39 is 18.8 Å². The summed E-state index contributed by atoms with van der Waals surface area (Å²) in [7, 11) is 0. The summed E-state index contributed by atoms with van der Waals surface area (Å²) in [5.74, 6) is 0.919. The van der Waals surface area contributed by atoms with E-state index in [1.807, 2.05) is 41.0 Å². The molecule has 7 nitrogen and oxygen atoms in total. The van der Waals surface area contributed by atoms with Crippen molar-refractivity contribution in [2.45, 2.75) is 31.6 Å². The molecule has 1 aromatic carbocycles. The number of hydrogen-bond donors (Lipinski definition) is 1. The molecule has 0 unspecified atom stereocenters. The van der Waals surface area contributed by atoms with Crippen LogP contribution in [-0.2, 0) is 6.54 Å². The van der Waals surface area contributed by atoms with Crippen LogP contribution in [0.5, 0.6) is 5.88 Å². The summed E-state index contributed by atoms with van der Waals surface area (Å²) in [6, 6.07) is 14.6. The molecule has 36 heavy (non-hydrogen) atoms. The molecule has 0 bridgehead atoms. The number of ether oxygens (including phenoxy) is 1. The lowest BCUT2D eigenvalue weighted by molar-refractivity contribution is -0.148. The number of amides is 1. The maximum atomic E-state index is 12.7. The third-order valence-corrected chi connectivity index (χ3v) is 7.22. The Hall–Kier alpha value is -3.02. The van der Waals surface area contributed by atoms with Crippen molar-refractivity contribution in [1.29, 1.82) is 0 Å². The zero-order valence-corrected chi connectivity index (χ0v) is 20.5. The Labute approximate surface area is 213 Å². The van der Waals surface area contributed by atoms with Gasteiger partial charge in [0.05, 0.1) is 27.8 Å². The maximum absolute atomic E-state index is 12.7. The van der Waals surface area contributed by atoms with Gasteiger partial charge in [-0.2, -0.15) is 13.2 Å². The number of nitrogens with one attached hydrogen (secondary N) is 1. The van der Waals surface area contributed by atoms with E-state index in [1.54, 1.807) is 12.1 Å². The Bertz CT molecular complexity index is 1360. The highest BCUT2D eigenvalue weighted by Crippen LogP contribution is 2.32. The number of nitrogens with zero attached hydrogens (tertiary/aromatic N) is 3. The number of rotatable bonds is 6. The van der Waals surface area contributed by atoms with E-state index in [9.17, 15) is 18.0 Å². The van der Waals surface area contributed by atoms with Gasteiger partial charge < -0.3 is 19.1 Å². The Balaban J connectivity index is 1.27. The molecule has 3 aromatic heterocycles. The van der Waals surface area contributed by atoms with Crippen LogP contribution >= 0.6 is 22.9 Å². The standard InChI is InChI=1S/C24H22ClF3N4O3S/c25-21-6-5-20(36-21)19-12-17(30-35-19)13-32-18-4-2-1-3-15(18)11-22(32)34-23(33)29-16-7-9-31(10-8-16)14-24(26,27)28/h1-6,11-12,16H,7-10,13-14H2,(H,29,33). The number of thiophene rings is 1. The summed E-state index contributed by atoms with van der Waals surface area (Å²) in [4.78, 5) is 14.9. The number of likely N-dealkylation sites (tertiary alicyclic amines) is 1. The second-order valence-corrected chi connectivity index (χ2v) is 10.3. The molecule has 0 atom stereocenters. The summed E-state index contributed by atoms with van der Waals surface area (Å²) in [6.07, 6.45) is -4.04. The van der Waals surface area contributed by atoms with Gasteiger partial charge in [-0.25, -0.2) is 4.79 Å². The molecule has 1 amide bonds. The van der Waals surface area contributed by atoms with Crippen LogP contribution in [0.25, 0.3) is 21.5 Å². The number of alkyl halides is 3. The molecule has 1 aliphatic rings. The van der Waals surface area contributed by atoms with Crippen LogP contribution < -0.4 is 10.1 Å². The van der Waals surface area contributed by atoms with Gasteiger partial charge in [0.2, 0.25) is 5.88 Å². The molecule has 12 heteroatoms. The van der Waals surface area contributed by atoms with Crippen molar-refractivity contribution >= 4 is 39.9 Å².